The van der Waals surface area contributed by atoms with Crippen molar-refractivity contribution in [2.45, 2.75) is 19.8 Å². The molecule has 0 aromatic carbocycles. The van der Waals surface area contributed by atoms with Crippen molar-refractivity contribution in [2.75, 3.05) is 18.0 Å². The topological polar surface area (TPSA) is 72.1 Å². The van der Waals surface area contributed by atoms with Crippen LogP contribution in [0.15, 0.2) is 23.0 Å². The van der Waals surface area contributed by atoms with E-state index in [1.807, 2.05) is 0 Å². The first-order valence-corrected chi connectivity index (χ1v) is 6.28. The number of rotatable bonds is 3. The molecule has 1 saturated heterocycles. The molecule has 3 heterocycles. The largest absolute Gasteiger partial charge is 0.432 e. The zero-order chi connectivity index (χ0) is 13.2. The molecule has 1 fully saturated rings. The summed E-state index contributed by atoms with van der Waals surface area (Å²) in [5.41, 5.74) is 0.553. The van der Waals surface area contributed by atoms with Gasteiger partial charge in [-0.05, 0) is 12.8 Å². The fraction of sp³-hybridized carbons (Fsp3) is 0.385. The quantitative estimate of drug-likeness (QED) is 0.783. The average Bonchev–Trinajstić information content (AvgIpc) is 3.10. The van der Waals surface area contributed by atoms with Crippen LogP contribution in [0.3, 0.4) is 0 Å². The van der Waals surface area contributed by atoms with Gasteiger partial charge in [0.2, 0.25) is 5.89 Å². The summed E-state index contributed by atoms with van der Waals surface area (Å²) in [6.45, 7) is 3.45. The Morgan fingerprint density at radius 3 is 2.74 bits per heavy atom. The molecule has 0 saturated carbocycles. The van der Waals surface area contributed by atoms with Crippen LogP contribution < -0.4 is 4.90 Å². The van der Waals surface area contributed by atoms with Crippen LogP contribution in [0, 0.1) is 0 Å². The SMILES string of the molecule is CC(=O)c1cnc(-c2cncc(N3CCCC3)n2)o1. The van der Waals surface area contributed by atoms with Crippen molar-refractivity contribution in [1.82, 2.24) is 15.0 Å². The van der Waals surface area contributed by atoms with Gasteiger partial charge in [-0.1, -0.05) is 0 Å². The number of carbonyl (C=O) groups excluding carboxylic acids is 1. The number of ketones is 1. The van der Waals surface area contributed by atoms with E-state index in [0.717, 1.165) is 18.9 Å². The molecule has 19 heavy (non-hydrogen) atoms. The lowest BCUT2D eigenvalue weighted by atomic mass is 10.4. The number of carbonyl (C=O) groups is 1. The predicted molar refractivity (Wildman–Crippen MR) is 69.0 cm³/mol. The summed E-state index contributed by atoms with van der Waals surface area (Å²) < 4.78 is 5.37. The van der Waals surface area contributed by atoms with E-state index in [1.165, 1.54) is 26.0 Å². The molecule has 0 atom stereocenters. The second kappa shape index (κ2) is 4.79. The molecule has 0 bridgehead atoms. The molecule has 0 unspecified atom stereocenters. The zero-order valence-electron chi connectivity index (χ0n) is 10.7. The monoisotopic (exact) mass is 258 g/mol. The summed E-state index contributed by atoms with van der Waals surface area (Å²) >= 11 is 0. The van der Waals surface area contributed by atoms with Crippen molar-refractivity contribution in [2.24, 2.45) is 0 Å². The maximum absolute atomic E-state index is 11.2. The van der Waals surface area contributed by atoms with E-state index >= 15 is 0 Å². The molecule has 1 aliphatic heterocycles. The summed E-state index contributed by atoms with van der Waals surface area (Å²) in [5.74, 6) is 1.25. The Morgan fingerprint density at radius 2 is 2.05 bits per heavy atom. The Balaban J connectivity index is 1.91. The lowest BCUT2D eigenvalue weighted by Gasteiger charge is -2.15. The lowest BCUT2D eigenvalue weighted by molar-refractivity contribution is 0.0988. The maximum atomic E-state index is 11.2. The third-order valence-corrected chi connectivity index (χ3v) is 3.12. The van der Waals surface area contributed by atoms with E-state index in [-0.39, 0.29) is 11.5 Å². The second-order valence-electron chi connectivity index (χ2n) is 4.54. The number of hydrogen-bond acceptors (Lipinski definition) is 6. The highest BCUT2D eigenvalue weighted by atomic mass is 16.4. The first-order chi connectivity index (χ1) is 9.24. The van der Waals surface area contributed by atoms with E-state index < -0.39 is 0 Å². The van der Waals surface area contributed by atoms with Gasteiger partial charge in [0, 0.05) is 20.0 Å². The molecule has 6 nitrogen and oxygen atoms in total. The first kappa shape index (κ1) is 11.8. The molecule has 0 radical (unpaired) electrons. The van der Waals surface area contributed by atoms with E-state index in [9.17, 15) is 4.79 Å². The summed E-state index contributed by atoms with van der Waals surface area (Å²) in [6.07, 6.45) is 7.11. The van der Waals surface area contributed by atoms with Crippen LogP contribution in [0.1, 0.15) is 30.3 Å². The molecule has 0 amide bonds. The number of Topliss-reactive ketones (excluding diaryl/α,β-unsaturated/α-hetero) is 1. The third-order valence-electron chi connectivity index (χ3n) is 3.12. The van der Waals surface area contributed by atoms with Gasteiger partial charge in [0.1, 0.15) is 11.5 Å². The van der Waals surface area contributed by atoms with Gasteiger partial charge in [-0.15, -0.1) is 0 Å². The second-order valence-corrected chi connectivity index (χ2v) is 4.54. The van der Waals surface area contributed by atoms with Gasteiger partial charge in [0.15, 0.2) is 11.5 Å². The smallest absolute Gasteiger partial charge is 0.247 e. The van der Waals surface area contributed by atoms with Crippen molar-refractivity contribution in [3.63, 3.8) is 0 Å². The summed E-state index contributed by atoms with van der Waals surface area (Å²) in [7, 11) is 0. The Labute approximate surface area is 110 Å². The van der Waals surface area contributed by atoms with E-state index in [2.05, 4.69) is 19.9 Å². The molecule has 2 aromatic heterocycles. The molecule has 1 aliphatic rings. The first-order valence-electron chi connectivity index (χ1n) is 6.28. The third kappa shape index (κ3) is 2.33. The van der Waals surface area contributed by atoms with Gasteiger partial charge in [0.05, 0.1) is 18.6 Å². The highest BCUT2D eigenvalue weighted by Crippen LogP contribution is 2.21. The Morgan fingerprint density at radius 1 is 1.26 bits per heavy atom. The molecular formula is C13H14N4O2. The number of nitrogens with zero attached hydrogens (tertiary/aromatic N) is 4. The average molecular weight is 258 g/mol. The molecule has 0 aliphatic carbocycles. The molecule has 0 N–H and O–H groups in total. The van der Waals surface area contributed by atoms with Crippen LogP contribution >= 0.6 is 0 Å². The van der Waals surface area contributed by atoms with Gasteiger partial charge in [0.25, 0.3) is 0 Å². The molecule has 6 heteroatoms. The van der Waals surface area contributed by atoms with Gasteiger partial charge in [-0.2, -0.15) is 0 Å². The molecule has 3 rings (SSSR count). The normalized spacial score (nSPS) is 14.9. The van der Waals surface area contributed by atoms with Crippen LogP contribution in [0.25, 0.3) is 11.6 Å². The minimum absolute atomic E-state index is 0.151. The van der Waals surface area contributed by atoms with Crippen molar-refractivity contribution in [1.29, 1.82) is 0 Å². The fourth-order valence-electron chi connectivity index (χ4n) is 2.11. The number of hydrogen-bond donors (Lipinski definition) is 0. The summed E-state index contributed by atoms with van der Waals surface area (Å²) in [5, 5.41) is 0. The minimum atomic E-state index is -0.151. The van der Waals surface area contributed by atoms with Gasteiger partial charge >= 0.3 is 0 Å². The lowest BCUT2D eigenvalue weighted by Crippen LogP contribution is -2.19. The van der Waals surface area contributed by atoms with E-state index in [0.29, 0.717) is 11.6 Å². The summed E-state index contributed by atoms with van der Waals surface area (Å²) in [6, 6.07) is 0. The van der Waals surface area contributed by atoms with E-state index in [4.69, 9.17) is 4.42 Å². The minimum Gasteiger partial charge on any atom is -0.432 e. The maximum Gasteiger partial charge on any atom is 0.247 e. The predicted octanol–water partition coefficient (Wildman–Crippen LogP) is 1.93. The number of oxazole rings is 1. The van der Waals surface area contributed by atoms with Crippen LogP contribution in [-0.4, -0.2) is 33.8 Å². The number of aromatic nitrogens is 3. The van der Waals surface area contributed by atoms with Crippen LogP contribution in [-0.2, 0) is 0 Å². The molecule has 98 valence electrons. The van der Waals surface area contributed by atoms with Crippen molar-refractivity contribution in [3.05, 3.63) is 24.4 Å². The molecule has 2 aromatic rings. The van der Waals surface area contributed by atoms with Crippen LogP contribution in [0.5, 0.6) is 0 Å². The van der Waals surface area contributed by atoms with Crippen molar-refractivity contribution < 1.29 is 9.21 Å². The van der Waals surface area contributed by atoms with E-state index in [1.54, 1.807) is 12.4 Å². The Kier molecular flexibility index (Phi) is 2.98. The molecular weight excluding hydrogens is 244 g/mol. The van der Waals surface area contributed by atoms with Gasteiger partial charge in [-0.3, -0.25) is 9.78 Å². The highest BCUT2D eigenvalue weighted by molar-refractivity contribution is 5.91. The number of anilines is 1. The Hall–Kier alpha value is -2.24. The summed E-state index contributed by atoms with van der Waals surface area (Å²) in [4.78, 5) is 26.1. The van der Waals surface area contributed by atoms with Gasteiger partial charge < -0.3 is 9.32 Å². The highest BCUT2D eigenvalue weighted by Gasteiger charge is 2.16. The zero-order valence-corrected chi connectivity index (χ0v) is 10.7. The van der Waals surface area contributed by atoms with Crippen molar-refractivity contribution in [3.8, 4) is 11.6 Å². The fourth-order valence-corrected chi connectivity index (χ4v) is 2.11. The molecule has 0 spiro atoms. The van der Waals surface area contributed by atoms with Gasteiger partial charge in [-0.25, -0.2) is 9.97 Å². The van der Waals surface area contributed by atoms with Crippen molar-refractivity contribution >= 4 is 11.6 Å². The van der Waals surface area contributed by atoms with Crippen LogP contribution in [0.2, 0.25) is 0 Å². The standard InChI is InChI=1S/C13H14N4O2/c1-9(18)11-7-15-13(19-11)10-6-14-8-12(16-10)17-4-2-3-5-17/h6-8H,2-5H2,1H3. The van der Waals surface area contributed by atoms with Crippen LogP contribution in [0.4, 0.5) is 5.82 Å². The Bertz CT molecular complexity index is 602.